The number of fused-ring (bicyclic) bond motifs is 1. The highest BCUT2D eigenvalue weighted by molar-refractivity contribution is 6.50. The number of urea groups is 1. The van der Waals surface area contributed by atoms with Gasteiger partial charge in [-0.05, 0) is 63.0 Å². The average molecular weight is 547 g/mol. The number of likely N-dealkylation sites (N-methyl/N-ethyl adjacent to an activating group) is 1. The van der Waals surface area contributed by atoms with Gasteiger partial charge in [-0.2, -0.15) is 0 Å². The summed E-state index contributed by atoms with van der Waals surface area (Å²) in [5.41, 5.74) is 1.44. The molecule has 2 amide bonds. The maximum atomic E-state index is 12.8. The summed E-state index contributed by atoms with van der Waals surface area (Å²) in [6.07, 6.45) is 3.64. The van der Waals surface area contributed by atoms with Gasteiger partial charge in [0, 0.05) is 17.5 Å². The minimum absolute atomic E-state index is 0.00391. The van der Waals surface area contributed by atoms with E-state index in [2.05, 4.69) is 34.7 Å². The summed E-state index contributed by atoms with van der Waals surface area (Å²) in [5, 5.41) is 6.54. The first kappa shape index (κ1) is 25.5. The molecule has 0 unspecified atom stereocenters. The Bertz CT molecular complexity index is 1070. The molecule has 2 fully saturated rings. The molecule has 1 saturated carbocycles. The molecule has 34 heavy (non-hydrogen) atoms. The van der Waals surface area contributed by atoms with E-state index in [1.807, 2.05) is 6.07 Å². The second kappa shape index (κ2) is 10.2. The molecule has 0 bridgehead atoms. The molecule has 0 spiro atoms. The van der Waals surface area contributed by atoms with Crippen LogP contribution in [0.25, 0.3) is 0 Å². The molecular formula is C24H27Cl4N3O3. The molecule has 2 N–H and O–H groups in total. The lowest BCUT2D eigenvalue weighted by Gasteiger charge is -2.45. The third kappa shape index (κ3) is 4.63. The van der Waals surface area contributed by atoms with Gasteiger partial charge in [0.25, 0.3) is 0 Å². The fraction of sp³-hybridized carbons (Fsp3) is 0.458. The summed E-state index contributed by atoms with van der Waals surface area (Å²) < 4.78 is 11.0. The van der Waals surface area contributed by atoms with Gasteiger partial charge in [0.1, 0.15) is 0 Å². The zero-order valence-corrected chi connectivity index (χ0v) is 22.2. The van der Waals surface area contributed by atoms with Crippen LogP contribution in [0.5, 0.6) is 11.5 Å². The number of likely N-dealkylation sites (tertiary alicyclic amines) is 1. The molecule has 0 radical (unpaired) electrons. The predicted molar refractivity (Wildman–Crippen MR) is 139 cm³/mol. The van der Waals surface area contributed by atoms with Crippen molar-refractivity contribution in [2.24, 2.45) is 0 Å². The number of carbonyl (C=O) groups excluding carboxylic acids is 1. The van der Waals surface area contributed by atoms with Gasteiger partial charge in [0.05, 0.1) is 40.0 Å². The van der Waals surface area contributed by atoms with Gasteiger partial charge in [0.2, 0.25) is 0 Å². The summed E-state index contributed by atoms with van der Waals surface area (Å²) in [4.78, 5) is 15.2. The molecule has 1 heterocycles. The molecule has 184 valence electrons. The van der Waals surface area contributed by atoms with Crippen LogP contribution in [0, 0.1) is 0 Å². The minimum atomic E-state index is -0.397. The maximum Gasteiger partial charge on any atom is 0.319 e. The van der Waals surface area contributed by atoms with E-state index in [0.29, 0.717) is 0 Å². The molecular weight excluding hydrogens is 520 g/mol. The van der Waals surface area contributed by atoms with Crippen LogP contribution in [0.1, 0.15) is 31.2 Å². The van der Waals surface area contributed by atoms with Crippen molar-refractivity contribution in [3.8, 4) is 11.5 Å². The number of halogens is 4. The van der Waals surface area contributed by atoms with Gasteiger partial charge >= 0.3 is 6.03 Å². The minimum Gasteiger partial charge on any atom is -0.493 e. The Morgan fingerprint density at radius 1 is 1.03 bits per heavy atom. The second-order valence-corrected chi connectivity index (χ2v) is 10.5. The summed E-state index contributed by atoms with van der Waals surface area (Å²) in [5.74, 6) is 1.45. The lowest BCUT2D eigenvalue weighted by atomic mass is 9.65. The highest BCUT2D eigenvalue weighted by Crippen LogP contribution is 2.50. The van der Waals surface area contributed by atoms with Gasteiger partial charge < -0.3 is 25.0 Å². The van der Waals surface area contributed by atoms with Crippen LogP contribution in [-0.2, 0) is 5.41 Å². The highest BCUT2D eigenvalue weighted by Gasteiger charge is 2.50. The number of ether oxygens (including phenoxy) is 2. The third-order valence-corrected chi connectivity index (χ3v) is 8.75. The van der Waals surface area contributed by atoms with E-state index < -0.39 is 6.03 Å². The Hall–Kier alpha value is -1.57. The van der Waals surface area contributed by atoms with Crippen LogP contribution < -0.4 is 20.1 Å². The zero-order valence-electron chi connectivity index (χ0n) is 19.2. The van der Waals surface area contributed by atoms with Crippen molar-refractivity contribution in [3.63, 3.8) is 0 Å². The molecule has 6 nitrogen and oxygen atoms in total. The summed E-state index contributed by atoms with van der Waals surface area (Å²) in [6, 6.07) is 7.52. The Morgan fingerprint density at radius 2 is 1.71 bits per heavy atom. The smallest absolute Gasteiger partial charge is 0.319 e. The number of amides is 2. The van der Waals surface area contributed by atoms with Crippen LogP contribution >= 0.6 is 46.4 Å². The topological polar surface area (TPSA) is 62.8 Å². The SMILES string of the molecule is COc1ccc([C@@]23CC[C@@H](NC(=O)Nc4c(Cl)c(Cl)cc(Cl)c4Cl)C[C@@H]2N(C)CC3)cc1OC. The first-order chi connectivity index (χ1) is 16.2. The molecule has 10 heteroatoms. The van der Waals surface area contributed by atoms with Crippen LogP contribution in [0.2, 0.25) is 20.1 Å². The zero-order chi connectivity index (χ0) is 24.6. The number of methoxy groups -OCH3 is 2. The van der Waals surface area contributed by atoms with E-state index in [0.717, 1.165) is 43.7 Å². The van der Waals surface area contributed by atoms with E-state index in [1.54, 1.807) is 14.2 Å². The molecule has 4 rings (SSSR count). The van der Waals surface area contributed by atoms with Crippen molar-refractivity contribution >= 4 is 58.1 Å². The quantitative estimate of drug-likeness (QED) is 0.413. The van der Waals surface area contributed by atoms with Gasteiger partial charge in [0.15, 0.2) is 11.5 Å². The first-order valence-corrected chi connectivity index (χ1v) is 12.5. The summed E-state index contributed by atoms with van der Waals surface area (Å²) >= 11 is 24.7. The fourth-order valence-corrected chi connectivity index (χ4v) is 6.32. The predicted octanol–water partition coefficient (Wildman–Crippen LogP) is 6.63. The van der Waals surface area contributed by atoms with Crippen LogP contribution in [-0.4, -0.2) is 50.8 Å². The Kier molecular flexibility index (Phi) is 7.65. The maximum absolute atomic E-state index is 12.8. The Labute approximate surface area is 219 Å². The normalized spacial score (nSPS) is 24.4. The first-order valence-electron chi connectivity index (χ1n) is 11.0. The number of hydrogen-bond donors (Lipinski definition) is 2. The number of rotatable bonds is 5. The lowest BCUT2D eigenvalue weighted by molar-refractivity contribution is 0.156. The van der Waals surface area contributed by atoms with E-state index >= 15 is 0 Å². The van der Waals surface area contributed by atoms with Gasteiger partial charge in [-0.25, -0.2) is 4.79 Å². The van der Waals surface area contributed by atoms with Crippen molar-refractivity contribution in [1.82, 2.24) is 10.2 Å². The van der Waals surface area contributed by atoms with Crippen LogP contribution in [0.15, 0.2) is 24.3 Å². The Balaban J connectivity index is 1.50. The Morgan fingerprint density at radius 3 is 2.35 bits per heavy atom. The third-order valence-electron chi connectivity index (χ3n) is 7.17. The van der Waals surface area contributed by atoms with Gasteiger partial charge in [-0.3, -0.25) is 0 Å². The molecule has 1 aliphatic heterocycles. The van der Waals surface area contributed by atoms with Crippen molar-refractivity contribution in [3.05, 3.63) is 49.9 Å². The molecule has 2 aromatic carbocycles. The van der Waals surface area contributed by atoms with Crippen LogP contribution in [0.3, 0.4) is 0 Å². The lowest BCUT2D eigenvalue weighted by Crippen LogP contribution is -2.52. The average Bonchev–Trinajstić information content (AvgIpc) is 3.17. The van der Waals surface area contributed by atoms with Crippen LogP contribution in [0.4, 0.5) is 10.5 Å². The summed E-state index contributed by atoms with van der Waals surface area (Å²) in [6.45, 7) is 0.990. The monoisotopic (exact) mass is 545 g/mol. The molecule has 1 aliphatic carbocycles. The molecule has 0 aromatic heterocycles. The summed E-state index contributed by atoms with van der Waals surface area (Å²) in [7, 11) is 5.44. The van der Waals surface area contributed by atoms with Crippen molar-refractivity contribution in [1.29, 1.82) is 0 Å². The highest BCUT2D eigenvalue weighted by atomic mass is 35.5. The number of benzene rings is 2. The number of carbonyl (C=O) groups is 1. The number of hydrogen-bond acceptors (Lipinski definition) is 4. The van der Waals surface area contributed by atoms with Gasteiger partial charge in [-0.1, -0.05) is 52.5 Å². The fourth-order valence-electron chi connectivity index (χ4n) is 5.41. The molecule has 2 aliphatic rings. The van der Waals surface area contributed by atoms with E-state index in [4.69, 9.17) is 55.9 Å². The van der Waals surface area contributed by atoms with E-state index in [9.17, 15) is 4.79 Å². The largest absolute Gasteiger partial charge is 0.493 e. The molecule has 1 saturated heterocycles. The standard InChI is InChI=1S/C24H27Cl4N3O3/c1-31-9-8-24(13-4-5-17(33-2)18(10-13)34-3)7-6-14(11-19(24)31)29-23(32)30-22-20(27)15(25)12-16(26)21(22)28/h4-5,10,12,14,19H,6-9,11H2,1-3H3,(H2,29,30,32)/t14-,19+,24+/m1/s1. The number of nitrogens with one attached hydrogen (secondary N) is 2. The second-order valence-electron chi connectivity index (χ2n) is 8.89. The van der Waals surface area contributed by atoms with Gasteiger partial charge in [-0.15, -0.1) is 0 Å². The number of anilines is 1. The molecule has 2 aromatic rings. The molecule has 3 atom stereocenters. The van der Waals surface area contributed by atoms with Crippen molar-refractivity contribution < 1.29 is 14.3 Å². The van der Waals surface area contributed by atoms with Crippen molar-refractivity contribution in [2.75, 3.05) is 33.1 Å². The van der Waals surface area contributed by atoms with E-state index in [1.165, 1.54) is 11.6 Å². The number of nitrogens with zero attached hydrogens (tertiary/aromatic N) is 1. The van der Waals surface area contributed by atoms with Crippen molar-refractivity contribution in [2.45, 2.75) is 43.2 Å². The van der Waals surface area contributed by atoms with E-state index in [-0.39, 0.29) is 43.3 Å².